The molecule has 1 rings (SSSR count). The zero-order chi connectivity index (χ0) is 8.27. The van der Waals surface area contributed by atoms with Gasteiger partial charge >= 0.3 is 0 Å². The van der Waals surface area contributed by atoms with E-state index < -0.39 is 0 Å². The first-order chi connectivity index (χ1) is 5.20. The van der Waals surface area contributed by atoms with Crippen molar-refractivity contribution in [1.29, 1.82) is 0 Å². The van der Waals surface area contributed by atoms with Crippen LogP contribution < -0.4 is 5.73 Å². The Morgan fingerprint density at radius 2 is 2.36 bits per heavy atom. The van der Waals surface area contributed by atoms with Gasteiger partial charge in [-0.25, -0.2) is 0 Å². The number of nitrogens with zero attached hydrogens (tertiary/aromatic N) is 1. The normalized spacial score (nSPS) is 14.1. The second-order valence-electron chi connectivity index (χ2n) is 2.76. The van der Waals surface area contributed by atoms with Crippen molar-refractivity contribution in [3.63, 3.8) is 0 Å². The van der Waals surface area contributed by atoms with E-state index in [0.29, 0.717) is 0 Å². The monoisotopic (exact) mass is 150 g/mol. The van der Waals surface area contributed by atoms with Crippen LogP contribution in [0.4, 0.5) is 0 Å². The fourth-order valence-corrected chi connectivity index (χ4v) is 0.898. The number of rotatable bonds is 2. The molecule has 1 atom stereocenters. The van der Waals surface area contributed by atoms with Crippen molar-refractivity contribution in [3.05, 3.63) is 30.1 Å². The Bertz CT molecular complexity index is 246. The van der Waals surface area contributed by atoms with Crippen molar-refractivity contribution in [3.8, 4) is 0 Å². The molecule has 0 aliphatic carbocycles. The minimum atomic E-state index is 0.130. The van der Waals surface area contributed by atoms with Crippen LogP contribution in [-0.4, -0.2) is 10.6 Å². The summed E-state index contributed by atoms with van der Waals surface area (Å²) in [4.78, 5) is 0. The van der Waals surface area contributed by atoms with Crippen molar-refractivity contribution in [1.82, 2.24) is 4.57 Å². The zero-order valence-electron chi connectivity index (χ0n) is 6.99. The van der Waals surface area contributed by atoms with E-state index in [1.54, 1.807) is 0 Å². The molecule has 0 amide bonds. The van der Waals surface area contributed by atoms with Crippen molar-refractivity contribution < 1.29 is 0 Å². The van der Waals surface area contributed by atoms with Crippen LogP contribution in [0, 0.1) is 0 Å². The predicted octanol–water partition coefficient (Wildman–Crippen LogP) is 1.39. The summed E-state index contributed by atoms with van der Waals surface area (Å²) in [5, 5.41) is 0. The highest BCUT2D eigenvalue weighted by Crippen LogP contribution is 2.01. The first kappa shape index (κ1) is 8.08. The topological polar surface area (TPSA) is 30.9 Å². The van der Waals surface area contributed by atoms with Gasteiger partial charge in [-0.2, -0.15) is 0 Å². The molecule has 0 aliphatic rings. The van der Waals surface area contributed by atoms with Gasteiger partial charge in [0.25, 0.3) is 0 Å². The first-order valence-corrected chi connectivity index (χ1v) is 3.75. The highest BCUT2D eigenvalue weighted by molar-refractivity contribution is 5.45. The van der Waals surface area contributed by atoms with Gasteiger partial charge in [0.05, 0.1) is 0 Å². The molecule has 2 N–H and O–H groups in total. The van der Waals surface area contributed by atoms with E-state index in [-0.39, 0.29) is 6.04 Å². The largest absolute Gasteiger partial charge is 0.351 e. The van der Waals surface area contributed by atoms with Crippen molar-refractivity contribution in [2.45, 2.75) is 13.0 Å². The predicted molar refractivity (Wildman–Crippen MR) is 48.1 cm³/mol. The van der Waals surface area contributed by atoms with Gasteiger partial charge in [-0.3, -0.25) is 0 Å². The molecule has 2 heteroatoms. The van der Waals surface area contributed by atoms with E-state index in [0.717, 1.165) is 0 Å². The minimum absolute atomic E-state index is 0.130. The first-order valence-electron chi connectivity index (χ1n) is 3.75. The Labute approximate surface area is 67.3 Å². The second kappa shape index (κ2) is 3.39. The summed E-state index contributed by atoms with van der Waals surface area (Å²) >= 11 is 0. The van der Waals surface area contributed by atoms with Crippen LogP contribution >= 0.6 is 0 Å². The molecule has 1 unspecified atom stereocenters. The van der Waals surface area contributed by atoms with E-state index in [1.165, 1.54) is 5.69 Å². The number of aryl methyl sites for hydroxylation is 1. The molecule has 0 spiro atoms. The second-order valence-corrected chi connectivity index (χ2v) is 2.76. The smallest absolute Gasteiger partial charge is 0.0401 e. The van der Waals surface area contributed by atoms with Crippen LogP contribution in [0.5, 0.6) is 0 Å². The lowest BCUT2D eigenvalue weighted by Gasteiger charge is -1.97. The molecule has 11 heavy (non-hydrogen) atoms. The Morgan fingerprint density at radius 3 is 2.82 bits per heavy atom. The molecule has 1 aromatic heterocycles. The maximum absolute atomic E-state index is 5.56. The molecular weight excluding hydrogens is 136 g/mol. The molecule has 0 bridgehead atoms. The summed E-state index contributed by atoms with van der Waals surface area (Å²) in [6.45, 7) is 1.96. The molecule has 0 saturated carbocycles. The molecule has 2 nitrogen and oxygen atoms in total. The van der Waals surface area contributed by atoms with Crippen LogP contribution in [0.15, 0.2) is 24.4 Å². The zero-order valence-corrected chi connectivity index (χ0v) is 6.99. The molecule has 0 aliphatic heterocycles. The standard InChI is InChI=1S/C9H14N2/c1-8(10)5-6-9-4-3-7-11(9)2/h3-8H,10H2,1-2H3/b6-5+. The lowest BCUT2D eigenvalue weighted by molar-refractivity contribution is 0.904. The highest BCUT2D eigenvalue weighted by Gasteiger charge is 1.90. The molecule has 1 heterocycles. The summed E-state index contributed by atoms with van der Waals surface area (Å²) in [5.74, 6) is 0. The third-order valence-electron chi connectivity index (χ3n) is 1.55. The molecular formula is C9H14N2. The van der Waals surface area contributed by atoms with Crippen LogP contribution in [0.1, 0.15) is 12.6 Å². The van der Waals surface area contributed by atoms with Gasteiger partial charge in [0.1, 0.15) is 0 Å². The lowest BCUT2D eigenvalue weighted by atomic mass is 10.3. The van der Waals surface area contributed by atoms with Gasteiger partial charge < -0.3 is 10.3 Å². The molecule has 60 valence electrons. The number of hydrogen-bond acceptors (Lipinski definition) is 1. The van der Waals surface area contributed by atoms with Gasteiger partial charge in [0, 0.05) is 25.0 Å². The van der Waals surface area contributed by atoms with Gasteiger partial charge in [-0.05, 0) is 25.1 Å². The minimum Gasteiger partial charge on any atom is -0.351 e. The molecule has 1 aromatic rings. The summed E-state index contributed by atoms with van der Waals surface area (Å²) in [6.07, 6.45) is 6.03. The summed E-state index contributed by atoms with van der Waals surface area (Å²) in [7, 11) is 2.01. The van der Waals surface area contributed by atoms with Gasteiger partial charge in [-0.15, -0.1) is 0 Å². The highest BCUT2D eigenvalue weighted by atomic mass is 14.9. The Balaban J connectivity index is 2.71. The van der Waals surface area contributed by atoms with Crippen LogP contribution in [0.2, 0.25) is 0 Å². The third-order valence-corrected chi connectivity index (χ3v) is 1.55. The maximum atomic E-state index is 5.56. The van der Waals surface area contributed by atoms with E-state index >= 15 is 0 Å². The Morgan fingerprint density at radius 1 is 1.64 bits per heavy atom. The molecule has 0 saturated heterocycles. The number of nitrogens with two attached hydrogens (primary N) is 1. The lowest BCUT2D eigenvalue weighted by Crippen LogP contribution is -2.10. The van der Waals surface area contributed by atoms with Crippen LogP contribution in [0.3, 0.4) is 0 Å². The third kappa shape index (κ3) is 2.24. The van der Waals surface area contributed by atoms with Crippen molar-refractivity contribution in [2.24, 2.45) is 12.8 Å². The van der Waals surface area contributed by atoms with Crippen molar-refractivity contribution >= 4 is 6.08 Å². The SMILES string of the molecule is CC(N)/C=C/c1cccn1C. The fourth-order valence-electron chi connectivity index (χ4n) is 0.898. The molecule has 0 aromatic carbocycles. The average Bonchev–Trinajstić information content (AvgIpc) is 2.31. The van der Waals surface area contributed by atoms with Crippen molar-refractivity contribution in [2.75, 3.05) is 0 Å². The average molecular weight is 150 g/mol. The van der Waals surface area contributed by atoms with E-state index in [1.807, 2.05) is 38.4 Å². The Kier molecular flexibility index (Phi) is 2.49. The fraction of sp³-hybridized carbons (Fsp3) is 0.333. The number of hydrogen-bond donors (Lipinski definition) is 1. The summed E-state index contributed by atoms with van der Waals surface area (Å²) in [6, 6.07) is 4.20. The van der Waals surface area contributed by atoms with E-state index in [4.69, 9.17) is 5.73 Å². The Hall–Kier alpha value is -1.02. The number of aromatic nitrogens is 1. The molecule has 0 radical (unpaired) electrons. The van der Waals surface area contributed by atoms with E-state index in [2.05, 4.69) is 10.6 Å². The van der Waals surface area contributed by atoms with Gasteiger partial charge in [-0.1, -0.05) is 6.08 Å². The maximum Gasteiger partial charge on any atom is 0.0401 e. The summed E-state index contributed by atoms with van der Waals surface area (Å²) < 4.78 is 2.05. The van der Waals surface area contributed by atoms with Gasteiger partial charge in [0.2, 0.25) is 0 Å². The van der Waals surface area contributed by atoms with Crippen LogP contribution in [-0.2, 0) is 7.05 Å². The van der Waals surface area contributed by atoms with E-state index in [9.17, 15) is 0 Å². The molecule has 0 fully saturated rings. The van der Waals surface area contributed by atoms with Crippen LogP contribution in [0.25, 0.3) is 6.08 Å². The quantitative estimate of drug-likeness (QED) is 0.678. The summed E-state index contributed by atoms with van der Waals surface area (Å²) in [5.41, 5.74) is 6.75. The van der Waals surface area contributed by atoms with Gasteiger partial charge in [0.15, 0.2) is 0 Å².